The highest BCUT2D eigenvalue weighted by atomic mass is 35.7. The molecule has 1 aromatic carbocycles. The van der Waals surface area contributed by atoms with Crippen molar-refractivity contribution in [2.75, 3.05) is 5.32 Å². The molecule has 0 unspecified atom stereocenters. The van der Waals surface area contributed by atoms with Crippen molar-refractivity contribution < 1.29 is 13.2 Å². The van der Waals surface area contributed by atoms with Crippen molar-refractivity contribution >= 4 is 31.3 Å². The molecule has 0 atom stereocenters. The number of carbonyl (C=O) groups is 1. The Hall–Kier alpha value is -1.07. The first kappa shape index (κ1) is 14.3. The van der Waals surface area contributed by atoms with Crippen molar-refractivity contribution in [1.29, 1.82) is 0 Å². The van der Waals surface area contributed by atoms with Crippen LogP contribution in [0.1, 0.15) is 31.2 Å². The molecule has 0 bridgehead atoms. The molecule has 1 amide bonds. The lowest BCUT2D eigenvalue weighted by atomic mass is 9.83. The predicted molar refractivity (Wildman–Crippen MR) is 74.8 cm³/mol. The standard InChI is InChI=1S/C13H16ClNO3S/c1-9-7-11(19(14,17)18)5-6-12(9)15-13(16)8-10-3-2-4-10/h5-7,10H,2-4,8H2,1H3,(H,15,16). The van der Waals surface area contributed by atoms with Crippen LogP contribution in [0.25, 0.3) is 0 Å². The number of anilines is 1. The molecule has 4 nitrogen and oxygen atoms in total. The fourth-order valence-electron chi connectivity index (χ4n) is 2.09. The average Bonchev–Trinajstić information content (AvgIpc) is 2.25. The monoisotopic (exact) mass is 301 g/mol. The van der Waals surface area contributed by atoms with Crippen molar-refractivity contribution in [3.8, 4) is 0 Å². The summed E-state index contributed by atoms with van der Waals surface area (Å²) < 4.78 is 22.4. The van der Waals surface area contributed by atoms with Crippen molar-refractivity contribution in [2.45, 2.75) is 37.5 Å². The molecule has 19 heavy (non-hydrogen) atoms. The zero-order valence-electron chi connectivity index (χ0n) is 10.6. The number of carbonyl (C=O) groups excluding carboxylic acids is 1. The molecular weight excluding hydrogens is 286 g/mol. The van der Waals surface area contributed by atoms with Crippen LogP contribution < -0.4 is 5.32 Å². The maximum absolute atomic E-state index is 11.8. The molecule has 0 aromatic heterocycles. The van der Waals surface area contributed by atoms with Crippen LogP contribution in [0.3, 0.4) is 0 Å². The Morgan fingerprint density at radius 1 is 1.42 bits per heavy atom. The van der Waals surface area contributed by atoms with Gasteiger partial charge in [-0.05, 0) is 49.4 Å². The van der Waals surface area contributed by atoms with Gasteiger partial charge >= 0.3 is 0 Å². The second-order valence-corrected chi connectivity index (χ2v) is 7.53. The van der Waals surface area contributed by atoms with E-state index in [0.29, 0.717) is 23.6 Å². The molecule has 6 heteroatoms. The fraction of sp³-hybridized carbons (Fsp3) is 0.462. The Kier molecular flexibility index (Phi) is 4.16. The van der Waals surface area contributed by atoms with Gasteiger partial charge in [-0.3, -0.25) is 4.79 Å². The number of benzene rings is 1. The van der Waals surface area contributed by atoms with Gasteiger partial charge in [-0.2, -0.15) is 0 Å². The summed E-state index contributed by atoms with van der Waals surface area (Å²) in [5.41, 5.74) is 1.32. The summed E-state index contributed by atoms with van der Waals surface area (Å²) in [4.78, 5) is 11.8. The van der Waals surface area contributed by atoms with Crippen LogP contribution in [0.2, 0.25) is 0 Å². The Labute approximate surface area is 117 Å². The van der Waals surface area contributed by atoms with E-state index in [1.807, 2.05) is 0 Å². The van der Waals surface area contributed by atoms with E-state index in [0.717, 1.165) is 12.8 Å². The lowest BCUT2D eigenvalue weighted by molar-refractivity contribution is -0.117. The van der Waals surface area contributed by atoms with Crippen LogP contribution in [0.4, 0.5) is 5.69 Å². The summed E-state index contributed by atoms with van der Waals surface area (Å²) in [7, 11) is 1.54. The molecule has 104 valence electrons. The maximum Gasteiger partial charge on any atom is 0.261 e. The molecule has 0 heterocycles. The molecular formula is C13H16ClNO3S. The number of halogens is 1. The van der Waals surface area contributed by atoms with Crippen LogP contribution in [0.5, 0.6) is 0 Å². The van der Waals surface area contributed by atoms with Crippen LogP contribution >= 0.6 is 10.7 Å². The molecule has 2 rings (SSSR count). The van der Waals surface area contributed by atoms with Crippen molar-refractivity contribution in [2.24, 2.45) is 5.92 Å². The third-order valence-corrected chi connectivity index (χ3v) is 4.80. The Morgan fingerprint density at radius 3 is 2.58 bits per heavy atom. The molecule has 1 aliphatic carbocycles. The van der Waals surface area contributed by atoms with E-state index in [2.05, 4.69) is 5.32 Å². The zero-order valence-corrected chi connectivity index (χ0v) is 12.2. The van der Waals surface area contributed by atoms with Gasteiger partial charge in [0.1, 0.15) is 0 Å². The van der Waals surface area contributed by atoms with E-state index in [1.54, 1.807) is 13.0 Å². The molecule has 1 N–H and O–H groups in total. The normalized spacial score (nSPS) is 15.9. The van der Waals surface area contributed by atoms with Crippen LogP contribution in [-0.2, 0) is 13.8 Å². The average molecular weight is 302 g/mol. The summed E-state index contributed by atoms with van der Waals surface area (Å²) in [6, 6.07) is 4.43. The third kappa shape index (κ3) is 3.70. The summed E-state index contributed by atoms with van der Waals surface area (Å²) in [6.07, 6.45) is 3.99. The fourth-order valence-corrected chi connectivity index (χ4v) is 2.92. The summed E-state index contributed by atoms with van der Waals surface area (Å²) in [5.74, 6) is 0.483. The van der Waals surface area contributed by atoms with Crippen molar-refractivity contribution in [3.63, 3.8) is 0 Å². The van der Waals surface area contributed by atoms with Gasteiger partial charge in [-0.25, -0.2) is 8.42 Å². The SMILES string of the molecule is Cc1cc(S(=O)(=O)Cl)ccc1NC(=O)CC1CCC1. The molecule has 0 aliphatic heterocycles. The molecule has 0 spiro atoms. The largest absolute Gasteiger partial charge is 0.326 e. The second kappa shape index (κ2) is 5.51. The predicted octanol–water partition coefficient (Wildman–Crippen LogP) is 3.05. The van der Waals surface area contributed by atoms with E-state index in [1.165, 1.54) is 18.6 Å². The first-order valence-corrected chi connectivity index (χ1v) is 8.52. The van der Waals surface area contributed by atoms with Crippen LogP contribution in [-0.4, -0.2) is 14.3 Å². The molecule has 1 fully saturated rings. The summed E-state index contributed by atoms with van der Waals surface area (Å²) in [5, 5.41) is 2.81. The zero-order chi connectivity index (χ0) is 14.0. The van der Waals surface area contributed by atoms with E-state index in [4.69, 9.17) is 10.7 Å². The highest BCUT2D eigenvalue weighted by Crippen LogP contribution is 2.30. The van der Waals surface area contributed by atoms with Crippen LogP contribution in [0.15, 0.2) is 23.1 Å². The first-order chi connectivity index (χ1) is 8.86. The number of nitrogens with one attached hydrogen (secondary N) is 1. The van der Waals surface area contributed by atoms with Crippen LogP contribution in [0, 0.1) is 12.8 Å². The quantitative estimate of drug-likeness (QED) is 0.869. The first-order valence-electron chi connectivity index (χ1n) is 6.21. The van der Waals surface area contributed by atoms with Gasteiger partial charge in [-0.15, -0.1) is 0 Å². The topological polar surface area (TPSA) is 63.2 Å². The molecule has 1 aliphatic rings. The minimum Gasteiger partial charge on any atom is -0.326 e. The minimum atomic E-state index is -3.72. The second-order valence-electron chi connectivity index (χ2n) is 4.96. The molecule has 0 saturated heterocycles. The lowest BCUT2D eigenvalue weighted by Gasteiger charge is -2.24. The van der Waals surface area contributed by atoms with Gasteiger partial charge in [0, 0.05) is 22.8 Å². The Bertz CT molecular complexity index is 594. The number of amides is 1. The van der Waals surface area contributed by atoms with E-state index in [-0.39, 0.29) is 10.8 Å². The molecule has 1 aromatic rings. The third-order valence-electron chi connectivity index (χ3n) is 3.45. The van der Waals surface area contributed by atoms with Gasteiger partial charge in [-0.1, -0.05) is 6.42 Å². The molecule has 0 radical (unpaired) electrons. The summed E-state index contributed by atoms with van der Waals surface area (Å²) in [6.45, 7) is 1.74. The minimum absolute atomic E-state index is 0.0192. The Balaban J connectivity index is 2.06. The maximum atomic E-state index is 11.8. The van der Waals surface area contributed by atoms with E-state index in [9.17, 15) is 13.2 Å². The number of hydrogen-bond donors (Lipinski definition) is 1. The highest BCUT2D eigenvalue weighted by Gasteiger charge is 2.21. The van der Waals surface area contributed by atoms with Crippen molar-refractivity contribution in [1.82, 2.24) is 0 Å². The van der Waals surface area contributed by atoms with Gasteiger partial charge in [0.05, 0.1) is 4.90 Å². The Morgan fingerprint density at radius 2 is 2.11 bits per heavy atom. The van der Waals surface area contributed by atoms with Gasteiger partial charge in [0.2, 0.25) is 5.91 Å². The lowest BCUT2D eigenvalue weighted by Crippen LogP contribution is -2.21. The number of aryl methyl sites for hydroxylation is 1. The van der Waals surface area contributed by atoms with Gasteiger partial charge < -0.3 is 5.32 Å². The smallest absolute Gasteiger partial charge is 0.261 e. The van der Waals surface area contributed by atoms with E-state index < -0.39 is 9.05 Å². The van der Waals surface area contributed by atoms with E-state index >= 15 is 0 Å². The summed E-state index contributed by atoms with van der Waals surface area (Å²) >= 11 is 0. The molecule has 1 saturated carbocycles. The van der Waals surface area contributed by atoms with Gasteiger partial charge in [0.25, 0.3) is 9.05 Å². The highest BCUT2D eigenvalue weighted by molar-refractivity contribution is 8.13. The van der Waals surface area contributed by atoms with Crippen molar-refractivity contribution in [3.05, 3.63) is 23.8 Å². The number of hydrogen-bond acceptors (Lipinski definition) is 3. The number of rotatable bonds is 4. The van der Waals surface area contributed by atoms with Gasteiger partial charge in [0.15, 0.2) is 0 Å².